The van der Waals surface area contributed by atoms with Gasteiger partial charge in [-0.15, -0.1) is 10.2 Å². The van der Waals surface area contributed by atoms with Gasteiger partial charge in [-0.3, -0.25) is 9.59 Å². The van der Waals surface area contributed by atoms with Gasteiger partial charge in [0, 0.05) is 5.92 Å². The van der Waals surface area contributed by atoms with Gasteiger partial charge in [-0.25, -0.2) is 5.01 Å². The molecule has 2 N–H and O–H groups in total. The van der Waals surface area contributed by atoms with Crippen molar-refractivity contribution in [1.82, 2.24) is 19.9 Å². The number of nitrogen functional groups attached to an aromatic ring is 1. The molecule has 0 bridgehead atoms. The topological polar surface area (TPSA) is 133 Å². The molecule has 0 radical (unpaired) electrons. The number of hydrazone groups is 1. The van der Waals surface area contributed by atoms with Crippen LogP contribution in [0, 0.1) is 12.8 Å². The molecule has 0 spiro atoms. The zero-order chi connectivity index (χ0) is 22.9. The normalized spacial score (nSPS) is 21.3. The number of rotatable bonds is 5. The van der Waals surface area contributed by atoms with Crippen LogP contribution in [0.5, 0.6) is 0 Å². The monoisotopic (exact) mass is 466 g/mol. The number of hydrogen-bond donors (Lipinski definition) is 1. The molecule has 3 aromatic rings. The van der Waals surface area contributed by atoms with Crippen LogP contribution >= 0.6 is 11.8 Å². The lowest BCUT2D eigenvalue weighted by Crippen LogP contribution is -2.34. The van der Waals surface area contributed by atoms with Crippen LogP contribution in [0.4, 0.5) is 0 Å². The van der Waals surface area contributed by atoms with Crippen LogP contribution in [-0.2, 0) is 4.79 Å². The number of amides is 1. The second-order valence-corrected chi connectivity index (χ2v) is 8.84. The smallest absolute Gasteiger partial charge is 0.294 e. The predicted molar refractivity (Wildman–Crippen MR) is 122 cm³/mol. The Morgan fingerprint density at radius 1 is 1.27 bits per heavy atom. The van der Waals surface area contributed by atoms with Gasteiger partial charge in [0.05, 0.1) is 24.0 Å². The van der Waals surface area contributed by atoms with Crippen molar-refractivity contribution in [2.24, 2.45) is 11.0 Å². The van der Waals surface area contributed by atoms with E-state index in [1.165, 1.54) is 11.9 Å². The van der Waals surface area contributed by atoms with Crippen molar-refractivity contribution in [1.29, 1.82) is 0 Å². The summed E-state index contributed by atoms with van der Waals surface area (Å²) in [6.45, 7) is 1.53. The highest BCUT2D eigenvalue weighted by Crippen LogP contribution is 2.44. The van der Waals surface area contributed by atoms with Gasteiger partial charge in [-0.1, -0.05) is 11.8 Å². The summed E-state index contributed by atoms with van der Waals surface area (Å²) in [7, 11) is 0. The van der Waals surface area contributed by atoms with Gasteiger partial charge in [0.25, 0.3) is 11.5 Å². The van der Waals surface area contributed by atoms with Crippen molar-refractivity contribution < 1.29 is 13.6 Å². The minimum atomic E-state index is -0.450. The summed E-state index contributed by atoms with van der Waals surface area (Å²) in [6, 6.07) is 7.07. The zero-order valence-corrected chi connectivity index (χ0v) is 18.7. The molecular weight excluding hydrogens is 444 g/mol. The van der Waals surface area contributed by atoms with Crippen molar-refractivity contribution in [2.45, 2.75) is 37.4 Å². The summed E-state index contributed by atoms with van der Waals surface area (Å²) >= 11 is 1.05. The van der Waals surface area contributed by atoms with Crippen molar-refractivity contribution in [3.63, 3.8) is 0 Å². The first-order chi connectivity index (χ1) is 16.0. The van der Waals surface area contributed by atoms with E-state index in [9.17, 15) is 9.59 Å². The van der Waals surface area contributed by atoms with Crippen molar-refractivity contribution in [2.75, 3.05) is 11.6 Å². The lowest BCUT2D eigenvalue weighted by molar-refractivity contribution is -0.131. The summed E-state index contributed by atoms with van der Waals surface area (Å²) in [5, 5.41) is 14.2. The Morgan fingerprint density at radius 3 is 2.85 bits per heavy atom. The van der Waals surface area contributed by atoms with Gasteiger partial charge in [0.2, 0.25) is 5.16 Å². The molecule has 3 aromatic heterocycles. The number of aryl methyl sites for hydroxylation is 1. The zero-order valence-electron chi connectivity index (χ0n) is 17.9. The van der Waals surface area contributed by atoms with E-state index in [1.807, 2.05) is 30.3 Å². The minimum Gasteiger partial charge on any atom is -0.467 e. The third kappa shape index (κ3) is 3.99. The van der Waals surface area contributed by atoms with Gasteiger partial charge < -0.3 is 14.7 Å². The molecule has 1 fully saturated rings. The molecule has 1 saturated carbocycles. The number of carbonyl (C=O) groups excluding carboxylic acids is 1. The Balaban J connectivity index is 1.44. The number of hydrogen-bond acceptors (Lipinski definition) is 9. The average Bonchev–Trinajstić information content (AvgIpc) is 3.57. The van der Waals surface area contributed by atoms with Gasteiger partial charge in [-0.2, -0.15) is 9.78 Å². The molecular formula is C22H22N6O4S. The molecule has 10 nitrogen and oxygen atoms in total. The Labute approximate surface area is 193 Å². The summed E-state index contributed by atoms with van der Waals surface area (Å²) in [5.74, 6) is 7.01. The number of allylic oxidation sites excluding steroid dienone is 1. The second-order valence-electron chi connectivity index (χ2n) is 7.90. The maximum absolute atomic E-state index is 13.3. The van der Waals surface area contributed by atoms with Gasteiger partial charge in [-0.05, 0) is 62.1 Å². The molecule has 0 aromatic carbocycles. The van der Waals surface area contributed by atoms with E-state index in [2.05, 4.69) is 10.2 Å². The highest BCUT2D eigenvalue weighted by molar-refractivity contribution is 7.99. The van der Waals surface area contributed by atoms with Gasteiger partial charge in [0.15, 0.2) is 0 Å². The molecule has 4 heterocycles. The first-order valence-corrected chi connectivity index (χ1v) is 11.5. The van der Waals surface area contributed by atoms with Crippen LogP contribution < -0.4 is 11.4 Å². The average molecular weight is 467 g/mol. The molecule has 33 heavy (non-hydrogen) atoms. The molecule has 0 saturated heterocycles. The Kier molecular flexibility index (Phi) is 5.63. The van der Waals surface area contributed by atoms with Crippen molar-refractivity contribution >= 4 is 29.5 Å². The van der Waals surface area contributed by atoms with Crippen LogP contribution in [0.15, 0.2) is 66.3 Å². The van der Waals surface area contributed by atoms with Crippen LogP contribution in [-0.4, -0.2) is 37.3 Å². The number of nitrogens with zero attached hydrogens (tertiary/aromatic N) is 5. The summed E-state index contributed by atoms with van der Waals surface area (Å²) in [4.78, 5) is 25.3. The summed E-state index contributed by atoms with van der Waals surface area (Å²) in [5.41, 5.74) is 1.68. The number of furan rings is 2. The Hall–Kier alpha value is -3.60. The fraction of sp³-hybridized carbons (Fsp3) is 0.318. The van der Waals surface area contributed by atoms with Crippen LogP contribution in [0.3, 0.4) is 0 Å². The van der Waals surface area contributed by atoms with Crippen LogP contribution in [0.1, 0.15) is 42.5 Å². The molecule has 11 heteroatoms. The van der Waals surface area contributed by atoms with E-state index in [-0.39, 0.29) is 34.5 Å². The molecule has 2 unspecified atom stereocenters. The van der Waals surface area contributed by atoms with E-state index in [0.717, 1.165) is 52.7 Å². The Bertz CT molecular complexity index is 1280. The lowest BCUT2D eigenvalue weighted by Gasteiger charge is -2.27. The number of fused-ring (bicyclic) bond motifs is 1. The molecule has 170 valence electrons. The van der Waals surface area contributed by atoms with E-state index < -0.39 is 5.56 Å². The second kappa shape index (κ2) is 8.74. The maximum Gasteiger partial charge on any atom is 0.294 e. The third-order valence-corrected chi connectivity index (χ3v) is 6.72. The van der Waals surface area contributed by atoms with E-state index in [1.54, 1.807) is 12.5 Å². The quantitative estimate of drug-likeness (QED) is 0.448. The van der Waals surface area contributed by atoms with Gasteiger partial charge in [0.1, 0.15) is 23.3 Å². The predicted octanol–water partition coefficient (Wildman–Crippen LogP) is 2.76. The first-order valence-electron chi connectivity index (χ1n) is 10.6. The minimum absolute atomic E-state index is 0.00762. The van der Waals surface area contributed by atoms with E-state index in [4.69, 9.17) is 19.8 Å². The number of thioether (sulfide) groups is 1. The molecule has 1 amide bonds. The summed E-state index contributed by atoms with van der Waals surface area (Å²) in [6.07, 6.45) is 7.94. The SMILES string of the molecule is Cc1nnc(SCC(=O)N2N=C3/C(=C/c4ccco4)CCCC3C2c2ccco2)n(N)c1=O. The largest absolute Gasteiger partial charge is 0.467 e. The number of nitrogens with two attached hydrogens (primary N) is 1. The van der Waals surface area contributed by atoms with Gasteiger partial charge >= 0.3 is 0 Å². The summed E-state index contributed by atoms with van der Waals surface area (Å²) < 4.78 is 12.1. The maximum atomic E-state index is 13.3. The highest BCUT2D eigenvalue weighted by Gasteiger charge is 2.45. The lowest BCUT2D eigenvalue weighted by atomic mass is 9.79. The van der Waals surface area contributed by atoms with Crippen molar-refractivity contribution in [3.05, 3.63) is 69.9 Å². The standard InChI is InChI=1S/C22H22N6O4S/c1-13-21(30)27(23)22(25-24-13)33-12-18(29)28-20(17-8-4-10-32-17)16-7-2-5-14(19(16)26-28)11-15-6-3-9-31-15/h3-4,6,8-11,16,20H,2,5,7,12,23H2,1H3/b14-11+. The fourth-order valence-corrected chi connectivity index (χ4v) is 4.96. The first kappa shape index (κ1) is 21.3. The van der Waals surface area contributed by atoms with Crippen LogP contribution in [0.2, 0.25) is 0 Å². The fourth-order valence-electron chi connectivity index (χ4n) is 4.25. The van der Waals surface area contributed by atoms with E-state index >= 15 is 0 Å². The molecule has 2 atom stereocenters. The third-order valence-electron chi connectivity index (χ3n) is 5.80. The number of carbonyl (C=O) groups is 1. The van der Waals surface area contributed by atoms with Crippen LogP contribution in [0.25, 0.3) is 6.08 Å². The molecule has 1 aliphatic carbocycles. The molecule has 1 aliphatic heterocycles. The highest BCUT2D eigenvalue weighted by atomic mass is 32.2. The Morgan fingerprint density at radius 2 is 2.09 bits per heavy atom. The van der Waals surface area contributed by atoms with Crippen molar-refractivity contribution in [3.8, 4) is 0 Å². The van der Waals surface area contributed by atoms with E-state index in [0.29, 0.717) is 5.76 Å². The molecule has 2 aliphatic rings. The molecule has 5 rings (SSSR count). The number of aromatic nitrogens is 3.